The van der Waals surface area contributed by atoms with E-state index in [4.69, 9.17) is 0 Å². The molecule has 0 aliphatic heterocycles. The summed E-state index contributed by atoms with van der Waals surface area (Å²) in [6.45, 7) is 8.18. The minimum Gasteiger partial charge on any atom is -0.282 e. The van der Waals surface area contributed by atoms with Gasteiger partial charge in [0.05, 0.1) is 0 Å². The van der Waals surface area contributed by atoms with Gasteiger partial charge in [-0.05, 0) is 73.6 Å². The summed E-state index contributed by atoms with van der Waals surface area (Å²) in [5, 5.41) is 0. The Labute approximate surface area is 208 Å². The van der Waals surface area contributed by atoms with Gasteiger partial charge in [0, 0.05) is 0 Å². The van der Waals surface area contributed by atoms with Crippen LogP contribution in [0, 0.1) is 0 Å². The summed E-state index contributed by atoms with van der Waals surface area (Å²) in [6.07, 6.45) is 11.4. The molecule has 0 atom stereocenters. The maximum atomic E-state index is 12.8. The van der Waals surface area contributed by atoms with E-state index in [9.17, 15) is 25.9 Å². The summed E-state index contributed by atoms with van der Waals surface area (Å²) < 4.78 is 72.1. The standard InChI is InChI=1S/C26H46O6S2/c1-5-9-13-17-21-22(18-14-10-6-2)26(34(30,31)32)24(20-16-12-8-4)23(19-15-11-7-3)25(21)33(27,28)29/h5-20H2,1-4H3,(H,27,28,29)(H,30,31,32). The van der Waals surface area contributed by atoms with E-state index in [0.717, 1.165) is 51.4 Å². The second-order valence-electron chi connectivity index (χ2n) is 9.35. The Hall–Kier alpha value is -0.960. The first-order valence-electron chi connectivity index (χ1n) is 13.2. The van der Waals surface area contributed by atoms with E-state index in [-0.39, 0.29) is 9.79 Å². The van der Waals surface area contributed by atoms with Crippen LogP contribution < -0.4 is 0 Å². The fourth-order valence-corrected chi connectivity index (χ4v) is 6.95. The average molecular weight is 519 g/mol. The van der Waals surface area contributed by atoms with E-state index < -0.39 is 20.2 Å². The van der Waals surface area contributed by atoms with Gasteiger partial charge in [0.25, 0.3) is 20.2 Å². The minimum absolute atomic E-state index is 0.0925. The molecule has 0 aliphatic rings. The molecule has 0 spiro atoms. The zero-order chi connectivity index (χ0) is 25.8. The van der Waals surface area contributed by atoms with Crippen molar-refractivity contribution in [3.05, 3.63) is 22.3 Å². The third-order valence-corrected chi connectivity index (χ3v) is 8.48. The third-order valence-electron chi connectivity index (χ3n) is 6.46. The van der Waals surface area contributed by atoms with Gasteiger partial charge >= 0.3 is 0 Å². The maximum absolute atomic E-state index is 12.8. The molecule has 1 aromatic carbocycles. The third kappa shape index (κ3) is 9.25. The van der Waals surface area contributed by atoms with Crippen LogP contribution in [0.3, 0.4) is 0 Å². The average Bonchev–Trinajstić information content (AvgIpc) is 2.74. The molecule has 0 saturated carbocycles. The predicted octanol–water partition coefficient (Wildman–Crippen LogP) is 7.11. The first kappa shape index (κ1) is 31.1. The van der Waals surface area contributed by atoms with Crippen molar-refractivity contribution < 1.29 is 25.9 Å². The van der Waals surface area contributed by atoms with Crippen molar-refractivity contribution in [3.8, 4) is 0 Å². The highest BCUT2D eigenvalue weighted by atomic mass is 32.2. The van der Waals surface area contributed by atoms with Crippen LogP contribution in [0.5, 0.6) is 0 Å². The number of hydrogen-bond donors (Lipinski definition) is 2. The van der Waals surface area contributed by atoms with Gasteiger partial charge in [-0.15, -0.1) is 0 Å². The molecule has 1 aromatic rings. The molecule has 8 heteroatoms. The summed E-state index contributed by atoms with van der Waals surface area (Å²) in [4.78, 5) is -0.185. The quantitative estimate of drug-likeness (QED) is 0.158. The van der Waals surface area contributed by atoms with Crippen LogP contribution >= 0.6 is 0 Å². The van der Waals surface area contributed by atoms with E-state index in [1.165, 1.54) is 0 Å². The highest BCUT2D eigenvalue weighted by Gasteiger charge is 2.33. The molecule has 2 N–H and O–H groups in total. The first-order valence-corrected chi connectivity index (χ1v) is 16.1. The lowest BCUT2D eigenvalue weighted by Crippen LogP contribution is -2.20. The number of unbranched alkanes of at least 4 members (excludes halogenated alkanes) is 8. The largest absolute Gasteiger partial charge is 0.295 e. The van der Waals surface area contributed by atoms with Crippen LogP contribution in [0.25, 0.3) is 0 Å². The van der Waals surface area contributed by atoms with E-state index in [1.807, 2.05) is 27.7 Å². The Morgan fingerprint density at radius 3 is 0.794 bits per heavy atom. The summed E-state index contributed by atoms with van der Waals surface area (Å²) >= 11 is 0. The molecule has 198 valence electrons. The van der Waals surface area contributed by atoms with Crippen molar-refractivity contribution in [2.75, 3.05) is 0 Å². The van der Waals surface area contributed by atoms with Gasteiger partial charge in [-0.1, -0.05) is 79.1 Å². The van der Waals surface area contributed by atoms with Gasteiger partial charge in [-0.25, -0.2) is 0 Å². The molecule has 0 fully saturated rings. The topological polar surface area (TPSA) is 109 Å². The Balaban J connectivity index is 4.06. The van der Waals surface area contributed by atoms with Crippen LogP contribution in [0.2, 0.25) is 0 Å². The summed E-state index contributed by atoms with van der Waals surface area (Å²) in [6, 6.07) is 0. The van der Waals surface area contributed by atoms with Gasteiger partial charge in [0.1, 0.15) is 9.79 Å². The van der Waals surface area contributed by atoms with E-state index in [2.05, 4.69) is 0 Å². The summed E-state index contributed by atoms with van der Waals surface area (Å²) in [5.41, 5.74) is 1.58. The highest BCUT2D eigenvalue weighted by molar-refractivity contribution is 7.86. The molecule has 1 rings (SSSR count). The van der Waals surface area contributed by atoms with E-state index in [1.54, 1.807) is 0 Å². The van der Waals surface area contributed by atoms with Gasteiger partial charge in [0.15, 0.2) is 0 Å². The van der Waals surface area contributed by atoms with Crippen molar-refractivity contribution in [3.63, 3.8) is 0 Å². The molecule has 0 bridgehead atoms. The van der Waals surface area contributed by atoms with Crippen LogP contribution in [0.4, 0.5) is 0 Å². The predicted molar refractivity (Wildman–Crippen MR) is 139 cm³/mol. The van der Waals surface area contributed by atoms with E-state index >= 15 is 0 Å². The molecule has 0 unspecified atom stereocenters. The lowest BCUT2D eigenvalue weighted by molar-refractivity contribution is 0.471. The summed E-state index contributed by atoms with van der Waals surface area (Å²) in [5.74, 6) is 0. The Bertz CT molecular complexity index is 841. The lowest BCUT2D eigenvalue weighted by Gasteiger charge is -2.25. The Morgan fingerprint density at radius 1 is 0.441 bits per heavy atom. The molecule has 0 saturated heterocycles. The molecule has 0 aliphatic carbocycles. The molecular formula is C26H46O6S2. The zero-order valence-corrected chi connectivity index (χ0v) is 23.3. The molecule has 0 radical (unpaired) electrons. The molecule has 0 aromatic heterocycles. The SMILES string of the molecule is CCCCCc1c(CCCCC)c(S(=O)(=O)O)c(CCCCC)c(CCCCC)c1S(=O)(=O)O. The fourth-order valence-electron chi connectivity index (χ4n) is 4.80. The first-order chi connectivity index (χ1) is 16.0. The van der Waals surface area contributed by atoms with Crippen molar-refractivity contribution in [1.29, 1.82) is 0 Å². The monoisotopic (exact) mass is 518 g/mol. The molecule has 0 amide bonds. The lowest BCUT2D eigenvalue weighted by atomic mass is 9.88. The van der Waals surface area contributed by atoms with Gasteiger partial charge in [-0.2, -0.15) is 16.8 Å². The van der Waals surface area contributed by atoms with Crippen LogP contribution in [0.15, 0.2) is 9.79 Å². The normalized spacial score (nSPS) is 12.4. The molecular weight excluding hydrogens is 472 g/mol. The van der Waals surface area contributed by atoms with Gasteiger partial charge in [-0.3, -0.25) is 9.11 Å². The van der Waals surface area contributed by atoms with E-state index in [0.29, 0.717) is 73.6 Å². The van der Waals surface area contributed by atoms with Crippen molar-refractivity contribution in [2.45, 2.75) is 140 Å². The second-order valence-corrected chi connectivity index (χ2v) is 12.1. The van der Waals surface area contributed by atoms with Crippen LogP contribution in [-0.2, 0) is 45.9 Å². The summed E-state index contributed by atoms with van der Waals surface area (Å²) in [7, 11) is -9.17. The smallest absolute Gasteiger partial charge is 0.282 e. The van der Waals surface area contributed by atoms with Gasteiger partial charge < -0.3 is 0 Å². The zero-order valence-electron chi connectivity index (χ0n) is 21.7. The van der Waals surface area contributed by atoms with Crippen molar-refractivity contribution in [1.82, 2.24) is 0 Å². The fraction of sp³-hybridized carbons (Fsp3) is 0.769. The van der Waals surface area contributed by atoms with Gasteiger partial charge in [0.2, 0.25) is 0 Å². The van der Waals surface area contributed by atoms with Crippen molar-refractivity contribution in [2.24, 2.45) is 0 Å². The van der Waals surface area contributed by atoms with Crippen LogP contribution in [0.1, 0.15) is 127 Å². The Kier molecular flexibility index (Phi) is 13.9. The molecule has 0 heterocycles. The molecule has 6 nitrogen and oxygen atoms in total. The second kappa shape index (κ2) is 15.2. The number of rotatable bonds is 18. The van der Waals surface area contributed by atoms with Crippen molar-refractivity contribution >= 4 is 20.2 Å². The molecule has 34 heavy (non-hydrogen) atoms. The highest BCUT2D eigenvalue weighted by Crippen LogP contribution is 2.38. The number of benzene rings is 1. The number of hydrogen-bond acceptors (Lipinski definition) is 4. The minimum atomic E-state index is -4.58. The Morgan fingerprint density at radius 2 is 0.647 bits per heavy atom. The maximum Gasteiger partial charge on any atom is 0.295 e. The van der Waals surface area contributed by atoms with Crippen LogP contribution in [-0.4, -0.2) is 25.9 Å².